The van der Waals surface area contributed by atoms with Crippen LogP contribution in [0.4, 0.5) is 0 Å². The molecule has 274 valence electrons. The molecular weight excluding hydrogens is 661 g/mol. The van der Waals surface area contributed by atoms with Crippen LogP contribution in [0, 0.1) is 0 Å². The number of carbonyl (C=O) groups excluding carboxylic acids is 1. The van der Waals surface area contributed by atoms with Crippen molar-refractivity contribution < 1.29 is 23.1 Å². The highest BCUT2D eigenvalue weighted by Gasteiger charge is 2.43. The molecule has 3 N–H and O–H groups in total. The van der Waals surface area contributed by atoms with Gasteiger partial charge in [0, 0.05) is 48.3 Å². The fraction of sp³-hybridized carbons (Fsp3) is 0.561. The number of pyridine rings is 1. The Kier molecular flexibility index (Phi) is 10.9. The number of aliphatic hydroxyl groups excluding tert-OH is 1. The minimum atomic E-state index is -3.43. The summed E-state index contributed by atoms with van der Waals surface area (Å²) in [7, 11) is -3.43. The van der Waals surface area contributed by atoms with Crippen LogP contribution < -0.4 is 15.4 Å². The van der Waals surface area contributed by atoms with Crippen molar-refractivity contribution in [3.8, 4) is 5.75 Å². The molecular formula is C41H54N4O5S. The molecule has 1 spiro atoms. The fourth-order valence-corrected chi connectivity index (χ4v) is 10.1. The Morgan fingerprint density at radius 3 is 2.45 bits per heavy atom. The number of aryl methyl sites for hydroxylation is 1. The second-order valence-electron chi connectivity index (χ2n) is 15.4. The van der Waals surface area contributed by atoms with Gasteiger partial charge < -0.3 is 20.5 Å². The number of fused-ring (bicyclic) bond motifs is 1. The van der Waals surface area contributed by atoms with E-state index < -0.39 is 22.2 Å². The topological polar surface area (TPSA) is 121 Å². The van der Waals surface area contributed by atoms with Crippen molar-refractivity contribution in [2.24, 2.45) is 0 Å². The minimum Gasteiger partial charge on any atom is -0.487 e. The van der Waals surface area contributed by atoms with E-state index in [1.54, 1.807) is 6.07 Å². The number of nitrogens with one attached hydrogen (secondary N) is 2. The molecule has 9 nitrogen and oxygen atoms in total. The number of rotatable bonds is 12. The number of amides is 1. The summed E-state index contributed by atoms with van der Waals surface area (Å²) >= 11 is 0. The van der Waals surface area contributed by atoms with E-state index in [1.807, 2.05) is 36.4 Å². The van der Waals surface area contributed by atoms with E-state index in [0.29, 0.717) is 37.2 Å². The number of hydrogen-bond acceptors (Lipinski definition) is 7. The molecule has 7 rings (SSSR count). The van der Waals surface area contributed by atoms with Crippen molar-refractivity contribution in [1.29, 1.82) is 0 Å². The number of aromatic nitrogens is 1. The van der Waals surface area contributed by atoms with Crippen LogP contribution in [-0.4, -0.2) is 65.8 Å². The van der Waals surface area contributed by atoms with Crippen LogP contribution in [-0.2, 0) is 22.9 Å². The predicted molar refractivity (Wildman–Crippen MR) is 199 cm³/mol. The van der Waals surface area contributed by atoms with Crippen molar-refractivity contribution in [1.82, 2.24) is 19.9 Å². The van der Waals surface area contributed by atoms with Crippen LogP contribution in [0.5, 0.6) is 5.75 Å². The molecule has 1 saturated heterocycles. The molecule has 2 saturated carbocycles. The Morgan fingerprint density at radius 1 is 0.980 bits per heavy atom. The minimum absolute atomic E-state index is 0.0296. The number of ether oxygens (including phenoxy) is 1. The molecule has 3 heterocycles. The number of nitrogens with zero attached hydrogens (tertiary/aromatic N) is 2. The first kappa shape index (κ1) is 36.1. The van der Waals surface area contributed by atoms with Crippen molar-refractivity contribution >= 4 is 15.9 Å². The van der Waals surface area contributed by atoms with E-state index in [2.05, 4.69) is 35.8 Å². The summed E-state index contributed by atoms with van der Waals surface area (Å²) in [6, 6.07) is 19.2. The monoisotopic (exact) mass is 714 g/mol. The summed E-state index contributed by atoms with van der Waals surface area (Å²) in [5, 5.41) is 18.8. The summed E-state index contributed by atoms with van der Waals surface area (Å²) in [5.41, 5.74) is 5.21. The zero-order valence-corrected chi connectivity index (χ0v) is 31.0. The average Bonchev–Trinajstić information content (AvgIpc) is 3.93. The molecule has 2 aromatic carbocycles. The molecule has 51 heavy (non-hydrogen) atoms. The fourth-order valence-electron chi connectivity index (χ4n) is 9.00. The van der Waals surface area contributed by atoms with E-state index in [4.69, 9.17) is 9.72 Å². The average molecular weight is 715 g/mol. The zero-order chi connectivity index (χ0) is 35.6. The zero-order valence-electron chi connectivity index (χ0n) is 30.1. The van der Waals surface area contributed by atoms with E-state index in [-0.39, 0.29) is 29.5 Å². The molecule has 1 aromatic heterocycles. The summed E-state index contributed by atoms with van der Waals surface area (Å²) in [6.07, 6.45) is 12.7. The molecule has 0 unspecified atom stereocenters. The Balaban J connectivity index is 1.14. The third-order valence-corrected chi connectivity index (χ3v) is 13.1. The first-order valence-electron chi connectivity index (χ1n) is 19.2. The molecule has 10 heteroatoms. The lowest BCUT2D eigenvalue weighted by molar-refractivity contribution is 0.0326. The Hall–Kier alpha value is -3.31. The Morgan fingerprint density at radius 2 is 1.73 bits per heavy atom. The number of benzene rings is 2. The van der Waals surface area contributed by atoms with E-state index in [0.717, 1.165) is 93.2 Å². The maximum Gasteiger partial charge on any atom is 0.251 e. The van der Waals surface area contributed by atoms with Crippen LogP contribution in [0.3, 0.4) is 0 Å². The van der Waals surface area contributed by atoms with Gasteiger partial charge in [0.15, 0.2) is 0 Å². The number of aliphatic hydroxyl groups is 1. The maximum absolute atomic E-state index is 14.3. The van der Waals surface area contributed by atoms with Crippen molar-refractivity contribution in [3.05, 3.63) is 94.3 Å². The summed E-state index contributed by atoms with van der Waals surface area (Å²) < 4.78 is 33.6. The Labute approximate surface area is 303 Å². The number of carbonyl (C=O) groups is 1. The van der Waals surface area contributed by atoms with Crippen LogP contribution in [0.25, 0.3) is 0 Å². The highest BCUT2D eigenvalue weighted by Crippen LogP contribution is 2.47. The highest BCUT2D eigenvalue weighted by molar-refractivity contribution is 7.88. The molecule has 0 bridgehead atoms. The lowest BCUT2D eigenvalue weighted by atomic mass is 9.85. The molecule has 4 atom stereocenters. The molecule has 0 radical (unpaired) electrons. The van der Waals surface area contributed by atoms with Gasteiger partial charge in [0.1, 0.15) is 11.4 Å². The summed E-state index contributed by atoms with van der Waals surface area (Å²) in [6.45, 7) is 2.91. The number of sulfonamides is 1. The molecule has 3 fully saturated rings. The van der Waals surface area contributed by atoms with Gasteiger partial charge >= 0.3 is 0 Å². The van der Waals surface area contributed by atoms with Crippen LogP contribution in [0.1, 0.15) is 134 Å². The van der Waals surface area contributed by atoms with Gasteiger partial charge in [-0.25, -0.2) is 8.42 Å². The second-order valence-corrected chi connectivity index (χ2v) is 17.4. The van der Waals surface area contributed by atoms with Gasteiger partial charge in [0.25, 0.3) is 5.91 Å². The smallest absolute Gasteiger partial charge is 0.251 e. The summed E-state index contributed by atoms with van der Waals surface area (Å²) in [4.78, 5) is 19.3. The molecule has 1 amide bonds. The van der Waals surface area contributed by atoms with E-state index in [1.165, 1.54) is 16.1 Å². The molecule has 3 aromatic rings. The van der Waals surface area contributed by atoms with Crippen molar-refractivity contribution in [2.75, 3.05) is 19.3 Å². The van der Waals surface area contributed by atoms with E-state index >= 15 is 0 Å². The molecule has 4 aliphatic rings. The third kappa shape index (κ3) is 8.19. The van der Waals surface area contributed by atoms with Gasteiger partial charge in [0.2, 0.25) is 10.0 Å². The van der Waals surface area contributed by atoms with Gasteiger partial charge in [-0.3, -0.25) is 9.78 Å². The Bertz CT molecular complexity index is 1790. The maximum atomic E-state index is 14.3. The second kappa shape index (κ2) is 15.3. The van der Waals surface area contributed by atoms with Crippen molar-refractivity contribution in [2.45, 2.75) is 126 Å². The third-order valence-electron chi connectivity index (χ3n) is 11.8. The quantitative estimate of drug-likeness (QED) is 0.195. The van der Waals surface area contributed by atoms with Gasteiger partial charge in [-0.15, -0.1) is 0 Å². The normalized spacial score (nSPS) is 23.2. The number of hydrogen-bond donors (Lipinski definition) is 3. The molecule has 2 aliphatic carbocycles. The van der Waals surface area contributed by atoms with Crippen molar-refractivity contribution in [3.63, 3.8) is 0 Å². The first-order valence-corrected chi connectivity index (χ1v) is 21.0. The molecule has 2 aliphatic heterocycles. The van der Waals surface area contributed by atoms with Gasteiger partial charge in [-0.1, -0.05) is 62.2 Å². The lowest BCUT2D eigenvalue weighted by Crippen LogP contribution is -2.50. The highest BCUT2D eigenvalue weighted by atomic mass is 32.2. The van der Waals surface area contributed by atoms with E-state index in [9.17, 15) is 18.3 Å². The first-order chi connectivity index (χ1) is 24.6. The van der Waals surface area contributed by atoms with Crippen LogP contribution in [0.15, 0.2) is 60.7 Å². The predicted octanol–water partition coefficient (Wildman–Crippen LogP) is 6.53. The standard InChI is InChI=1S/C41H54N4O5S/c1-3-28-17-18-39-32(22-28)36(26-41(50-39)19-9-10-20-41)42-27-38(46)35(23-29-12-5-4-6-13-29)44-40(47)31-24-33(30-14-7-8-15-30)43-34(25-31)37-16-11-21-45(37)51(2,48)49/h4-6,12-13,17-18,22,24-25,30,35-38,42,46H,3,7-11,14-16,19-21,23,26-27H2,1-2H3,(H,44,47)/t35-,36-,37+,38+/m0/s1. The van der Waals surface area contributed by atoms with Gasteiger partial charge in [-0.2, -0.15) is 4.31 Å². The largest absolute Gasteiger partial charge is 0.487 e. The SMILES string of the molecule is CCc1ccc2c(c1)[C@@H](NC[C@@H](O)[C@H](Cc1ccccc1)NC(=O)c1cc(C3CCCC3)nc([C@H]3CCCN3S(C)(=O)=O)c1)CC1(CCCC1)O2. The van der Waals surface area contributed by atoms with Gasteiger partial charge in [-0.05, 0) is 93.5 Å². The van der Waals surface area contributed by atoms with Crippen LogP contribution >= 0.6 is 0 Å². The summed E-state index contributed by atoms with van der Waals surface area (Å²) in [5.74, 6) is 0.902. The van der Waals surface area contributed by atoms with Gasteiger partial charge in [0.05, 0.1) is 30.1 Å². The van der Waals surface area contributed by atoms with Crippen LogP contribution in [0.2, 0.25) is 0 Å². The lowest BCUT2D eigenvalue weighted by Gasteiger charge is -2.41.